The van der Waals surface area contributed by atoms with Crippen LogP contribution in [0.25, 0.3) is 0 Å². The molecule has 1 heterocycles. The molecule has 0 aromatic heterocycles. The van der Waals surface area contributed by atoms with Gasteiger partial charge in [0.2, 0.25) is 0 Å². The average Bonchev–Trinajstić information content (AvgIpc) is 3.10. The van der Waals surface area contributed by atoms with Gasteiger partial charge in [0.15, 0.2) is 0 Å². The summed E-state index contributed by atoms with van der Waals surface area (Å²) >= 11 is 0. The molecule has 3 unspecified atom stereocenters. The van der Waals surface area contributed by atoms with Crippen molar-refractivity contribution >= 4 is 5.97 Å². The zero-order chi connectivity index (χ0) is 13.2. The van der Waals surface area contributed by atoms with Gasteiger partial charge in [-0.05, 0) is 32.1 Å². The van der Waals surface area contributed by atoms with Crippen molar-refractivity contribution in [3.05, 3.63) is 0 Å². The first kappa shape index (κ1) is 13.9. The maximum absolute atomic E-state index is 11.9. The summed E-state index contributed by atoms with van der Waals surface area (Å²) in [6.45, 7) is 4.26. The molecule has 1 aliphatic heterocycles. The Kier molecular flexibility index (Phi) is 4.00. The van der Waals surface area contributed by atoms with Gasteiger partial charge in [0, 0.05) is 0 Å². The molecule has 0 amide bonds. The molecule has 2 aliphatic rings. The average molecular weight is 254 g/mol. The summed E-state index contributed by atoms with van der Waals surface area (Å²) in [5, 5.41) is 9.76. The van der Waals surface area contributed by atoms with Crippen LogP contribution >= 0.6 is 0 Å². The standard InChI is InChI=1S/C15H26O3/c1-3-5-6-7-10-14(13(16)17)11-8-9-12-15(14,4-2)18-12/h12H,3-11H2,1-2H3,(H,16,17). The van der Waals surface area contributed by atoms with Crippen LogP contribution in [0.4, 0.5) is 0 Å². The van der Waals surface area contributed by atoms with Gasteiger partial charge in [0.1, 0.15) is 5.60 Å². The van der Waals surface area contributed by atoms with Crippen molar-refractivity contribution in [2.75, 3.05) is 0 Å². The van der Waals surface area contributed by atoms with Gasteiger partial charge in [0.05, 0.1) is 11.5 Å². The molecule has 1 N–H and O–H groups in total. The molecule has 2 fully saturated rings. The number of carboxylic acid groups (broad SMARTS) is 1. The minimum Gasteiger partial charge on any atom is -0.481 e. The number of aliphatic carboxylic acids is 1. The second kappa shape index (κ2) is 5.20. The second-order valence-electron chi connectivity index (χ2n) is 5.94. The van der Waals surface area contributed by atoms with Gasteiger partial charge in [-0.3, -0.25) is 4.79 Å². The first-order valence-electron chi connectivity index (χ1n) is 7.54. The van der Waals surface area contributed by atoms with Crippen LogP contribution in [-0.2, 0) is 9.53 Å². The Hall–Kier alpha value is -0.570. The molecule has 1 aliphatic carbocycles. The summed E-state index contributed by atoms with van der Waals surface area (Å²) in [7, 11) is 0. The summed E-state index contributed by atoms with van der Waals surface area (Å²) in [5.74, 6) is -0.622. The number of unbranched alkanes of at least 4 members (excludes halogenated alkanes) is 3. The SMILES string of the molecule is CCCCCCC1(C(=O)O)CCCC2OC21CC. The Morgan fingerprint density at radius 2 is 2.11 bits per heavy atom. The van der Waals surface area contributed by atoms with Crippen molar-refractivity contribution in [3.63, 3.8) is 0 Å². The van der Waals surface area contributed by atoms with Crippen LogP contribution in [0.1, 0.15) is 71.6 Å². The third-order valence-corrected chi connectivity index (χ3v) is 5.09. The van der Waals surface area contributed by atoms with Gasteiger partial charge in [-0.2, -0.15) is 0 Å². The van der Waals surface area contributed by atoms with Gasteiger partial charge >= 0.3 is 5.97 Å². The molecule has 18 heavy (non-hydrogen) atoms. The van der Waals surface area contributed by atoms with Crippen LogP contribution in [0.15, 0.2) is 0 Å². The molecule has 0 aromatic carbocycles. The molecule has 0 aromatic rings. The molecule has 1 saturated heterocycles. The van der Waals surface area contributed by atoms with Crippen molar-refractivity contribution in [1.82, 2.24) is 0 Å². The van der Waals surface area contributed by atoms with E-state index in [1.54, 1.807) is 0 Å². The third kappa shape index (κ3) is 1.97. The van der Waals surface area contributed by atoms with Crippen LogP contribution in [-0.4, -0.2) is 22.8 Å². The zero-order valence-electron chi connectivity index (χ0n) is 11.7. The molecule has 3 nitrogen and oxygen atoms in total. The molecule has 2 rings (SSSR count). The van der Waals surface area contributed by atoms with Crippen molar-refractivity contribution in [3.8, 4) is 0 Å². The molecular formula is C15H26O3. The molecule has 0 spiro atoms. The lowest BCUT2D eigenvalue weighted by atomic mass is 9.62. The van der Waals surface area contributed by atoms with Gasteiger partial charge < -0.3 is 9.84 Å². The first-order valence-corrected chi connectivity index (χ1v) is 7.54. The maximum Gasteiger partial charge on any atom is 0.312 e. The summed E-state index contributed by atoms with van der Waals surface area (Å²) in [6.07, 6.45) is 9.30. The molecule has 104 valence electrons. The lowest BCUT2D eigenvalue weighted by Crippen LogP contribution is -2.48. The Morgan fingerprint density at radius 1 is 1.33 bits per heavy atom. The maximum atomic E-state index is 11.9. The van der Waals surface area contributed by atoms with Crippen molar-refractivity contribution in [2.24, 2.45) is 5.41 Å². The highest BCUT2D eigenvalue weighted by atomic mass is 16.6. The van der Waals surface area contributed by atoms with E-state index in [2.05, 4.69) is 13.8 Å². The van der Waals surface area contributed by atoms with Crippen LogP contribution in [0.5, 0.6) is 0 Å². The number of carbonyl (C=O) groups is 1. The number of fused-ring (bicyclic) bond motifs is 1. The monoisotopic (exact) mass is 254 g/mol. The highest BCUT2D eigenvalue weighted by molar-refractivity contribution is 5.77. The van der Waals surface area contributed by atoms with Gasteiger partial charge in [0.25, 0.3) is 0 Å². The number of epoxide rings is 1. The Morgan fingerprint density at radius 3 is 2.72 bits per heavy atom. The fraction of sp³-hybridized carbons (Fsp3) is 0.933. The summed E-state index contributed by atoms with van der Waals surface area (Å²) in [6, 6.07) is 0. The van der Waals surface area contributed by atoms with E-state index in [4.69, 9.17) is 4.74 Å². The Bertz CT molecular complexity index is 315. The molecule has 0 bridgehead atoms. The van der Waals surface area contributed by atoms with E-state index in [9.17, 15) is 9.90 Å². The quantitative estimate of drug-likeness (QED) is 0.556. The normalized spacial score (nSPS) is 38.2. The minimum atomic E-state index is -0.622. The van der Waals surface area contributed by atoms with Gasteiger partial charge in [-0.1, -0.05) is 39.5 Å². The highest BCUT2D eigenvalue weighted by Gasteiger charge is 2.71. The first-order chi connectivity index (χ1) is 8.63. The van der Waals surface area contributed by atoms with E-state index >= 15 is 0 Å². The lowest BCUT2D eigenvalue weighted by molar-refractivity contribution is -0.156. The van der Waals surface area contributed by atoms with Crippen LogP contribution in [0.3, 0.4) is 0 Å². The zero-order valence-corrected chi connectivity index (χ0v) is 11.7. The van der Waals surface area contributed by atoms with Crippen LogP contribution in [0, 0.1) is 5.41 Å². The summed E-state index contributed by atoms with van der Waals surface area (Å²) < 4.78 is 5.87. The van der Waals surface area contributed by atoms with Crippen molar-refractivity contribution in [1.29, 1.82) is 0 Å². The lowest BCUT2D eigenvalue weighted by Gasteiger charge is -2.38. The molecule has 3 heteroatoms. The second-order valence-corrected chi connectivity index (χ2v) is 5.94. The number of ether oxygens (including phenoxy) is 1. The number of carboxylic acids is 1. The predicted octanol–water partition coefficient (Wildman–Crippen LogP) is 3.76. The van der Waals surface area contributed by atoms with Crippen LogP contribution in [0.2, 0.25) is 0 Å². The van der Waals surface area contributed by atoms with Crippen molar-refractivity contribution in [2.45, 2.75) is 83.3 Å². The van der Waals surface area contributed by atoms with Crippen molar-refractivity contribution < 1.29 is 14.6 Å². The fourth-order valence-corrected chi connectivity index (χ4v) is 3.97. The summed E-state index contributed by atoms with van der Waals surface area (Å²) in [5.41, 5.74) is -0.929. The van der Waals surface area contributed by atoms with E-state index in [0.29, 0.717) is 0 Å². The van der Waals surface area contributed by atoms with E-state index < -0.39 is 11.4 Å². The summed E-state index contributed by atoms with van der Waals surface area (Å²) in [4.78, 5) is 11.9. The molecule has 0 radical (unpaired) electrons. The third-order valence-electron chi connectivity index (χ3n) is 5.09. The van der Waals surface area contributed by atoms with E-state index in [-0.39, 0.29) is 11.7 Å². The predicted molar refractivity (Wildman–Crippen MR) is 70.6 cm³/mol. The minimum absolute atomic E-state index is 0.221. The largest absolute Gasteiger partial charge is 0.481 e. The highest BCUT2D eigenvalue weighted by Crippen LogP contribution is 2.62. The molecule has 1 saturated carbocycles. The Balaban J connectivity index is 2.08. The van der Waals surface area contributed by atoms with E-state index in [0.717, 1.165) is 44.9 Å². The Labute approximate surface area is 110 Å². The molecular weight excluding hydrogens is 228 g/mol. The van der Waals surface area contributed by atoms with E-state index in [1.165, 1.54) is 12.8 Å². The number of hydrogen-bond acceptors (Lipinski definition) is 2. The fourth-order valence-electron chi connectivity index (χ4n) is 3.97. The number of rotatable bonds is 7. The molecule has 3 atom stereocenters. The number of hydrogen-bond donors (Lipinski definition) is 1. The van der Waals surface area contributed by atoms with Gasteiger partial charge in [-0.15, -0.1) is 0 Å². The van der Waals surface area contributed by atoms with Gasteiger partial charge in [-0.25, -0.2) is 0 Å². The van der Waals surface area contributed by atoms with E-state index in [1.807, 2.05) is 0 Å². The smallest absolute Gasteiger partial charge is 0.312 e. The van der Waals surface area contributed by atoms with Crippen LogP contribution < -0.4 is 0 Å². The topological polar surface area (TPSA) is 49.8 Å².